The maximum Gasteiger partial charge on any atom is 0.323 e. The van der Waals surface area contributed by atoms with Gasteiger partial charge in [0, 0.05) is 15.8 Å². The van der Waals surface area contributed by atoms with Crippen molar-refractivity contribution in [2.75, 3.05) is 17.2 Å². The van der Waals surface area contributed by atoms with E-state index in [1.54, 1.807) is 18.2 Å². The first-order valence-corrected chi connectivity index (χ1v) is 7.41. The van der Waals surface area contributed by atoms with Gasteiger partial charge in [-0.15, -0.1) is 0 Å². The van der Waals surface area contributed by atoms with Gasteiger partial charge >= 0.3 is 5.69 Å². The molecule has 0 fully saturated rings. The van der Waals surface area contributed by atoms with Crippen LogP contribution in [0.3, 0.4) is 0 Å². The van der Waals surface area contributed by atoms with Crippen LogP contribution in [-0.4, -0.2) is 22.4 Å². The topological polar surface area (TPSA) is 89.8 Å². The molecule has 0 spiro atoms. The highest BCUT2D eigenvalue weighted by Gasteiger charge is 2.04. The number of amides is 1. The largest absolute Gasteiger partial charge is 0.376 e. The summed E-state index contributed by atoms with van der Waals surface area (Å²) in [5, 5.41) is 5.81. The molecule has 22 heavy (non-hydrogen) atoms. The Morgan fingerprint density at radius 3 is 2.45 bits per heavy atom. The molecule has 6 nitrogen and oxygen atoms in total. The first-order valence-electron chi connectivity index (χ1n) is 6.61. The first-order chi connectivity index (χ1) is 10.6. The Labute approximate surface area is 134 Å². The summed E-state index contributed by atoms with van der Waals surface area (Å²) in [5.41, 5.74) is 2.59. The molecule has 0 saturated heterocycles. The third-order valence-electron chi connectivity index (χ3n) is 3.10. The molecule has 3 rings (SSSR count). The van der Waals surface area contributed by atoms with E-state index in [2.05, 4.69) is 36.5 Å². The second-order valence-electron chi connectivity index (χ2n) is 4.75. The Bertz CT molecular complexity index is 867. The molecule has 0 atom stereocenters. The van der Waals surface area contributed by atoms with Gasteiger partial charge < -0.3 is 20.6 Å². The van der Waals surface area contributed by atoms with Gasteiger partial charge in [0.1, 0.15) is 0 Å². The number of hydrogen-bond donors (Lipinski definition) is 4. The van der Waals surface area contributed by atoms with Crippen molar-refractivity contribution < 1.29 is 4.79 Å². The van der Waals surface area contributed by atoms with E-state index in [4.69, 9.17) is 0 Å². The molecule has 0 bridgehead atoms. The van der Waals surface area contributed by atoms with E-state index in [1.165, 1.54) is 0 Å². The minimum absolute atomic E-state index is 0.156. The van der Waals surface area contributed by atoms with Gasteiger partial charge in [0.05, 0.1) is 17.6 Å². The number of anilines is 2. The van der Waals surface area contributed by atoms with Crippen LogP contribution in [0.25, 0.3) is 11.0 Å². The standard InChI is InChI=1S/C15H13BrN4O2/c16-9-1-3-10(4-2-9)17-8-14(21)18-11-5-6-12-13(7-11)20-15(22)19-12/h1-7,17H,8H2,(H,18,21)(H2,19,20,22). The molecule has 0 aliphatic rings. The van der Waals surface area contributed by atoms with Crippen molar-refractivity contribution in [1.82, 2.24) is 9.97 Å². The summed E-state index contributed by atoms with van der Waals surface area (Å²) in [5.74, 6) is -0.167. The normalized spacial score (nSPS) is 10.6. The van der Waals surface area contributed by atoms with Gasteiger partial charge in [0.2, 0.25) is 5.91 Å². The maximum absolute atomic E-state index is 11.9. The van der Waals surface area contributed by atoms with Gasteiger partial charge in [-0.1, -0.05) is 15.9 Å². The molecule has 7 heteroatoms. The second-order valence-corrected chi connectivity index (χ2v) is 5.66. The van der Waals surface area contributed by atoms with Crippen LogP contribution in [0.4, 0.5) is 11.4 Å². The number of benzene rings is 2. The fourth-order valence-electron chi connectivity index (χ4n) is 2.07. The van der Waals surface area contributed by atoms with Gasteiger partial charge in [0.25, 0.3) is 0 Å². The summed E-state index contributed by atoms with van der Waals surface area (Å²) < 4.78 is 0.983. The number of halogens is 1. The second kappa shape index (κ2) is 6.07. The lowest BCUT2D eigenvalue weighted by molar-refractivity contribution is -0.114. The third kappa shape index (κ3) is 3.37. The Balaban J connectivity index is 1.62. The van der Waals surface area contributed by atoms with Gasteiger partial charge in [-0.2, -0.15) is 0 Å². The summed E-state index contributed by atoms with van der Waals surface area (Å²) in [6.45, 7) is 0.156. The van der Waals surface area contributed by atoms with Crippen molar-refractivity contribution in [1.29, 1.82) is 0 Å². The van der Waals surface area contributed by atoms with Crippen LogP contribution in [0.1, 0.15) is 0 Å². The number of carbonyl (C=O) groups excluding carboxylic acids is 1. The number of aromatic nitrogens is 2. The Morgan fingerprint density at radius 1 is 1.00 bits per heavy atom. The highest BCUT2D eigenvalue weighted by atomic mass is 79.9. The number of nitrogens with one attached hydrogen (secondary N) is 4. The predicted molar refractivity (Wildman–Crippen MR) is 90.2 cm³/mol. The molecule has 1 amide bonds. The zero-order valence-electron chi connectivity index (χ0n) is 11.4. The van der Waals surface area contributed by atoms with Gasteiger partial charge in [-0.25, -0.2) is 4.79 Å². The van der Waals surface area contributed by atoms with Crippen molar-refractivity contribution in [2.24, 2.45) is 0 Å². The number of aromatic amines is 2. The van der Waals surface area contributed by atoms with E-state index in [-0.39, 0.29) is 18.1 Å². The summed E-state index contributed by atoms with van der Waals surface area (Å²) >= 11 is 3.36. The minimum atomic E-state index is -0.268. The molecule has 1 heterocycles. The lowest BCUT2D eigenvalue weighted by Crippen LogP contribution is -2.21. The first kappa shape index (κ1) is 14.4. The lowest BCUT2D eigenvalue weighted by atomic mass is 10.2. The minimum Gasteiger partial charge on any atom is -0.376 e. The molecule has 0 aliphatic heterocycles. The fraction of sp³-hybridized carbons (Fsp3) is 0.0667. The molecule has 112 valence electrons. The predicted octanol–water partition coefficient (Wildman–Crippen LogP) is 2.67. The molecule has 0 saturated carbocycles. The Morgan fingerprint density at radius 2 is 1.68 bits per heavy atom. The van der Waals surface area contributed by atoms with E-state index in [0.29, 0.717) is 16.7 Å². The fourth-order valence-corrected chi connectivity index (χ4v) is 2.33. The van der Waals surface area contributed by atoms with Gasteiger partial charge in [-0.3, -0.25) is 4.79 Å². The van der Waals surface area contributed by atoms with E-state index in [1.807, 2.05) is 24.3 Å². The lowest BCUT2D eigenvalue weighted by Gasteiger charge is -2.08. The molecule has 4 N–H and O–H groups in total. The van der Waals surface area contributed by atoms with E-state index in [0.717, 1.165) is 10.2 Å². The zero-order valence-corrected chi connectivity index (χ0v) is 13.0. The molecule has 3 aromatic rings. The number of imidazole rings is 1. The molecule has 1 aromatic heterocycles. The average molecular weight is 361 g/mol. The Kier molecular flexibility index (Phi) is 3.97. The molecule has 0 unspecified atom stereocenters. The number of carbonyl (C=O) groups is 1. The highest BCUT2D eigenvalue weighted by Crippen LogP contribution is 2.15. The monoisotopic (exact) mass is 360 g/mol. The van der Waals surface area contributed by atoms with Crippen LogP contribution in [0.2, 0.25) is 0 Å². The number of fused-ring (bicyclic) bond motifs is 1. The van der Waals surface area contributed by atoms with Gasteiger partial charge in [0.15, 0.2) is 0 Å². The highest BCUT2D eigenvalue weighted by molar-refractivity contribution is 9.10. The molecule has 0 aliphatic carbocycles. The summed E-state index contributed by atoms with van der Waals surface area (Å²) in [7, 11) is 0. The number of hydrogen-bond acceptors (Lipinski definition) is 3. The van der Waals surface area contributed by atoms with Crippen molar-refractivity contribution in [3.05, 3.63) is 57.4 Å². The van der Waals surface area contributed by atoms with Crippen LogP contribution < -0.4 is 16.3 Å². The van der Waals surface area contributed by atoms with Crippen LogP contribution in [0.15, 0.2) is 51.7 Å². The van der Waals surface area contributed by atoms with E-state index >= 15 is 0 Å². The van der Waals surface area contributed by atoms with Gasteiger partial charge in [-0.05, 0) is 42.5 Å². The van der Waals surface area contributed by atoms with Crippen molar-refractivity contribution in [3.63, 3.8) is 0 Å². The molecule has 0 radical (unpaired) electrons. The van der Waals surface area contributed by atoms with Crippen molar-refractivity contribution in [3.8, 4) is 0 Å². The van der Waals surface area contributed by atoms with E-state index < -0.39 is 0 Å². The van der Waals surface area contributed by atoms with Crippen molar-refractivity contribution >= 4 is 44.2 Å². The van der Waals surface area contributed by atoms with Crippen LogP contribution in [0, 0.1) is 0 Å². The maximum atomic E-state index is 11.9. The SMILES string of the molecule is O=C(CNc1ccc(Br)cc1)Nc1ccc2[nH]c(=O)[nH]c2c1. The Hall–Kier alpha value is -2.54. The summed E-state index contributed by atoms with van der Waals surface area (Å²) in [4.78, 5) is 28.4. The van der Waals surface area contributed by atoms with E-state index in [9.17, 15) is 9.59 Å². The zero-order chi connectivity index (χ0) is 15.5. The average Bonchev–Trinajstić information content (AvgIpc) is 2.86. The van der Waals surface area contributed by atoms with Crippen molar-refractivity contribution in [2.45, 2.75) is 0 Å². The molecular formula is C15H13BrN4O2. The molecule has 2 aromatic carbocycles. The number of H-pyrrole nitrogens is 2. The molecular weight excluding hydrogens is 348 g/mol. The summed E-state index contributed by atoms with van der Waals surface area (Å²) in [6.07, 6.45) is 0. The smallest absolute Gasteiger partial charge is 0.323 e. The van der Waals surface area contributed by atoms with Crippen LogP contribution >= 0.6 is 15.9 Å². The van der Waals surface area contributed by atoms with Crippen LogP contribution in [-0.2, 0) is 4.79 Å². The summed E-state index contributed by atoms with van der Waals surface area (Å²) in [6, 6.07) is 12.8. The third-order valence-corrected chi connectivity index (χ3v) is 3.63. The number of rotatable bonds is 4. The van der Waals surface area contributed by atoms with Crippen LogP contribution in [0.5, 0.6) is 0 Å². The quantitative estimate of drug-likeness (QED) is 0.576.